The minimum absolute atomic E-state index is 0.403. The Morgan fingerprint density at radius 1 is 1.17 bits per heavy atom. The second-order valence-corrected chi connectivity index (χ2v) is 6.64. The van der Waals surface area contributed by atoms with Gasteiger partial charge in [0, 0.05) is 5.92 Å². The van der Waals surface area contributed by atoms with Gasteiger partial charge in [-0.15, -0.1) is 0 Å². The van der Waals surface area contributed by atoms with Gasteiger partial charge in [0.05, 0.1) is 0 Å². The monoisotopic (exact) mass is 362 g/mol. The predicted molar refractivity (Wildman–Crippen MR) is 80.1 cm³/mol. The number of benzene rings is 2. The van der Waals surface area contributed by atoms with Crippen LogP contribution in [0.3, 0.4) is 0 Å². The molecule has 0 fully saturated rings. The van der Waals surface area contributed by atoms with Gasteiger partial charge in [-0.3, -0.25) is 4.79 Å². The maximum absolute atomic E-state index is 12.4. The van der Waals surface area contributed by atoms with Crippen molar-refractivity contribution in [1.82, 2.24) is 0 Å². The Labute approximate surface area is 135 Å². The molecule has 0 aromatic heterocycles. The Morgan fingerprint density at radius 2 is 1.79 bits per heavy atom. The van der Waals surface area contributed by atoms with Gasteiger partial charge in [0.15, 0.2) is 5.78 Å². The van der Waals surface area contributed by atoms with Gasteiger partial charge in [0.2, 0.25) is 0 Å². The number of alkyl halides is 3. The molecule has 0 spiro atoms. The quantitative estimate of drug-likeness (QED) is 0.653. The summed E-state index contributed by atoms with van der Waals surface area (Å²) in [5.74, 6) is -1.51. The zero-order valence-corrected chi connectivity index (χ0v) is 13.2. The van der Waals surface area contributed by atoms with Crippen molar-refractivity contribution in [3.63, 3.8) is 0 Å². The van der Waals surface area contributed by atoms with E-state index < -0.39 is 39.7 Å². The highest BCUT2D eigenvalue weighted by molar-refractivity contribution is 7.88. The summed E-state index contributed by atoms with van der Waals surface area (Å²) in [4.78, 5) is 11.5. The molecule has 0 saturated carbocycles. The van der Waals surface area contributed by atoms with Crippen LogP contribution in [0.15, 0.2) is 36.4 Å². The normalized spacial score (nSPS) is 13.7. The SMILES string of the molecule is C[C@H](C(=O)CO)c1ccc2ccc(OS(=O)(=O)C(F)(F)F)cc2c1. The molecule has 0 saturated heterocycles. The van der Waals surface area contributed by atoms with Gasteiger partial charge < -0.3 is 9.29 Å². The summed E-state index contributed by atoms with van der Waals surface area (Å²) in [5, 5.41) is 9.91. The molecule has 1 atom stereocenters. The molecule has 0 amide bonds. The number of aliphatic hydroxyl groups excluding tert-OH is 1. The second-order valence-electron chi connectivity index (χ2n) is 5.10. The molecule has 0 unspecified atom stereocenters. The lowest BCUT2D eigenvalue weighted by Crippen LogP contribution is -2.28. The number of aliphatic hydroxyl groups is 1. The van der Waals surface area contributed by atoms with Crippen LogP contribution in [0.5, 0.6) is 5.75 Å². The summed E-state index contributed by atoms with van der Waals surface area (Å²) in [7, 11) is -5.75. The van der Waals surface area contributed by atoms with Crippen molar-refractivity contribution in [2.24, 2.45) is 0 Å². The highest BCUT2D eigenvalue weighted by Crippen LogP contribution is 2.30. The molecule has 2 rings (SSSR count). The van der Waals surface area contributed by atoms with Crippen molar-refractivity contribution in [2.45, 2.75) is 18.3 Å². The molecule has 0 heterocycles. The summed E-state index contributed by atoms with van der Waals surface area (Å²) < 4.78 is 63.2. The molecule has 2 aromatic rings. The smallest absolute Gasteiger partial charge is 0.389 e. The Morgan fingerprint density at radius 3 is 2.38 bits per heavy atom. The number of rotatable bonds is 5. The molecular formula is C15H13F3O5S. The van der Waals surface area contributed by atoms with Gasteiger partial charge >= 0.3 is 15.6 Å². The number of ketones is 1. The van der Waals surface area contributed by atoms with Crippen LogP contribution in [0.2, 0.25) is 0 Å². The lowest BCUT2D eigenvalue weighted by Gasteiger charge is -2.12. The lowest BCUT2D eigenvalue weighted by molar-refractivity contribution is -0.122. The van der Waals surface area contributed by atoms with Crippen LogP contribution >= 0.6 is 0 Å². The Hall–Kier alpha value is -2.13. The molecule has 1 N–H and O–H groups in total. The van der Waals surface area contributed by atoms with Crippen molar-refractivity contribution in [1.29, 1.82) is 0 Å². The van der Waals surface area contributed by atoms with E-state index in [1.54, 1.807) is 19.1 Å². The van der Waals surface area contributed by atoms with E-state index in [0.717, 1.165) is 12.1 Å². The third kappa shape index (κ3) is 3.68. The number of carbonyl (C=O) groups excluding carboxylic acids is 1. The van der Waals surface area contributed by atoms with E-state index in [0.29, 0.717) is 16.3 Å². The molecule has 24 heavy (non-hydrogen) atoms. The van der Waals surface area contributed by atoms with E-state index in [9.17, 15) is 26.4 Å². The van der Waals surface area contributed by atoms with Crippen molar-refractivity contribution < 1.29 is 35.7 Å². The minimum atomic E-state index is -5.75. The van der Waals surface area contributed by atoms with Crippen LogP contribution in [0.25, 0.3) is 10.8 Å². The topological polar surface area (TPSA) is 80.7 Å². The average molecular weight is 362 g/mol. The van der Waals surface area contributed by atoms with Crippen molar-refractivity contribution in [3.8, 4) is 5.75 Å². The maximum Gasteiger partial charge on any atom is 0.534 e. The second kappa shape index (κ2) is 6.40. The largest absolute Gasteiger partial charge is 0.534 e. The van der Waals surface area contributed by atoms with E-state index in [1.807, 2.05) is 0 Å². The summed E-state index contributed by atoms with van der Waals surface area (Å²) in [6, 6.07) is 8.45. The van der Waals surface area contributed by atoms with Crippen LogP contribution in [0, 0.1) is 0 Å². The van der Waals surface area contributed by atoms with Crippen LogP contribution < -0.4 is 4.18 Å². The fourth-order valence-electron chi connectivity index (χ4n) is 2.06. The first-order valence-corrected chi connectivity index (χ1v) is 8.14. The molecule has 0 aliphatic rings. The number of hydrogen-bond acceptors (Lipinski definition) is 5. The fourth-order valence-corrected chi connectivity index (χ4v) is 2.51. The van der Waals surface area contributed by atoms with Crippen molar-refractivity contribution in [2.75, 3.05) is 6.61 Å². The zero-order chi connectivity index (χ0) is 18.1. The summed E-state index contributed by atoms with van der Waals surface area (Å²) in [6.45, 7) is 0.945. The van der Waals surface area contributed by atoms with Crippen molar-refractivity contribution in [3.05, 3.63) is 42.0 Å². The number of carbonyl (C=O) groups is 1. The number of Topliss-reactive ketones (excluding diaryl/α,β-unsaturated/α-hetero) is 1. The van der Waals surface area contributed by atoms with E-state index in [1.165, 1.54) is 12.1 Å². The van der Waals surface area contributed by atoms with Gasteiger partial charge in [0.1, 0.15) is 12.4 Å². The molecule has 0 aliphatic carbocycles. The minimum Gasteiger partial charge on any atom is -0.389 e. The van der Waals surface area contributed by atoms with Gasteiger partial charge in [-0.25, -0.2) is 0 Å². The molecule has 130 valence electrons. The molecule has 2 aromatic carbocycles. The molecule has 9 heteroatoms. The molecule has 5 nitrogen and oxygen atoms in total. The Bertz CT molecular complexity index is 874. The van der Waals surface area contributed by atoms with E-state index in [-0.39, 0.29) is 0 Å². The first-order chi connectivity index (χ1) is 11.0. The van der Waals surface area contributed by atoms with Crippen LogP contribution in [-0.4, -0.2) is 31.4 Å². The first kappa shape index (κ1) is 18.2. The highest BCUT2D eigenvalue weighted by Gasteiger charge is 2.48. The lowest BCUT2D eigenvalue weighted by atomic mass is 9.94. The standard InChI is InChI=1S/C15H13F3O5S/c1-9(14(20)8-19)11-3-2-10-4-5-13(7-12(10)6-11)23-24(21,22)15(16,17)18/h2-7,9,19H,8H2,1H3/t9-/m0/s1. The highest BCUT2D eigenvalue weighted by atomic mass is 32.2. The molecule has 0 aliphatic heterocycles. The summed E-state index contributed by atoms with van der Waals surface area (Å²) in [5.41, 5.74) is -4.98. The van der Waals surface area contributed by atoms with Gasteiger partial charge in [-0.2, -0.15) is 21.6 Å². The predicted octanol–water partition coefficient (Wildman–Crippen LogP) is 2.73. The average Bonchev–Trinajstić information content (AvgIpc) is 2.51. The van der Waals surface area contributed by atoms with Gasteiger partial charge in [-0.1, -0.05) is 31.2 Å². The Kier molecular flexibility index (Phi) is 4.86. The zero-order valence-electron chi connectivity index (χ0n) is 12.4. The van der Waals surface area contributed by atoms with Crippen molar-refractivity contribution >= 4 is 26.7 Å². The third-order valence-corrected chi connectivity index (χ3v) is 4.44. The van der Waals surface area contributed by atoms with Crippen LogP contribution in [0.1, 0.15) is 18.4 Å². The fraction of sp³-hybridized carbons (Fsp3) is 0.267. The van der Waals surface area contributed by atoms with E-state index in [2.05, 4.69) is 4.18 Å². The maximum atomic E-state index is 12.4. The molecular weight excluding hydrogens is 349 g/mol. The third-order valence-electron chi connectivity index (χ3n) is 3.46. The molecule has 0 bridgehead atoms. The van der Waals surface area contributed by atoms with Gasteiger partial charge in [0.25, 0.3) is 0 Å². The number of fused-ring (bicyclic) bond motifs is 1. The molecule has 0 radical (unpaired) electrons. The Balaban J connectivity index is 2.41. The van der Waals surface area contributed by atoms with Crippen LogP contribution in [0.4, 0.5) is 13.2 Å². The summed E-state index contributed by atoms with van der Waals surface area (Å²) in [6.07, 6.45) is 0. The number of hydrogen-bond donors (Lipinski definition) is 1. The summed E-state index contributed by atoms with van der Waals surface area (Å²) >= 11 is 0. The first-order valence-electron chi connectivity index (χ1n) is 6.73. The van der Waals surface area contributed by atoms with E-state index in [4.69, 9.17) is 5.11 Å². The van der Waals surface area contributed by atoms with Crippen LogP contribution in [-0.2, 0) is 14.9 Å². The van der Waals surface area contributed by atoms with Gasteiger partial charge in [-0.05, 0) is 28.5 Å². The number of halogens is 3. The van der Waals surface area contributed by atoms with E-state index >= 15 is 0 Å².